The molecule has 6 nitrogen and oxygen atoms in total. The highest BCUT2D eigenvalue weighted by molar-refractivity contribution is 7.89. The standard InChI is InChI=1S/C11H13ClN2O4S/c12-10(7-1-2-7)5-8-3-4-9(19(13,17)18)6-11(8)14(15)16/h3-4,6-7,10H,1-2,5H2,(H2,13,17,18). The molecule has 1 aliphatic rings. The monoisotopic (exact) mass is 304 g/mol. The van der Waals surface area contributed by atoms with E-state index >= 15 is 0 Å². The van der Waals surface area contributed by atoms with E-state index in [0.29, 0.717) is 17.9 Å². The summed E-state index contributed by atoms with van der Waals surface area (Å²) in [6.45, 7) is 0. The second-order valence-corrected chi connectivity index (χ2v) is 6.77. The Labute approximate surface area is 115 Å². The van der Waals surface area contributed by atoms with Gasteiger partial charge in [0, 0.05) is 17.0 Å². The Morgan fingerprint density at radius 2 is 2.11 bits per heavy atom. The number of sulfonamides is 1. The first-order valence-electron chi connectivity index (χ1n) is 5.73. The molecule has 1 atom stereocenters. The largest absolute Gasteiger partial charge is 0.273 e. The molecule has 1 saturated carbocycles. The molecule has 8 heteroatoms. The number of benzene rings is 1. The van der Waals surface area contributed by atoms with Crippen LogP contribution in [0.4, 0.5) is 5.69 Å². The van der Waals surface area contributed by atoms with Gasteiger partial charge in [0.1, 0.15) is 0 Å². The third-order valence-corrected chi connectivity index (χ3v) is 4.55. The lowest BCUT2D eigenvalue weighted by molar-refractivity contribution is -0.385. The molecule has 1 fully saturated rings. The maximum atomic E-state index is 11.2. The van der Waals surface area contributed by atoms with Crippen LogP contribution in [-0.2, 0) is 16.4 Å². The van der Waals surface area contributed by atoms with Gasteiger partial charge in [-0.05, 0) is 31.2 Å². The van der Waals surface area contributed by atoms with Gasteiger partial charge in [-0.25, -0.2) is 13.6 Å². The number of hydrogen-bond donors (Lipinski definition) is 1. The minimum absolute atomic E-state index is 0.154. The van der Waals surface area contributed by atoms with Gasteiger partial charge in [-0.3, -0.25) is 10.1 Å². The molecule has 1 aliphatic carbocycles. The molecule has 0 aromatic heterocycles. The minimum atomic E-state index is -3.95. The van der Waals surface area contributed by atoms with Crippen molar-refractivity contribution in [3.05, 3.63) is 33.9 Å². The number of rotatable bonds is 5. The Hall–Kier alpha value is -1.18. The highest BCUT2D eigenvalue weighted by Crippen LogP contribution is 2.38. The normalized spacial score (nSPS) is 17.2. The Bertz CT molecular complexity index is 613. The van der Waals surface area contributed by atoms with E-state index in [0.717, 1.165) is 18.9 Å². The second-order valence-electron chi connectivity index (χ2n) is 4.65. The maximum Gasteiger partial charge on any atom is 0.273 e. The van der Waals surface area contributed by atoms with Crippen molar-refractivity contribution >= 4 is 27.3 Å². The Balaban J connectivity index is 2.35. The van der Waals surface area contributed by atoms with Crippen molar-refractivity contribution in [1.82, 2.24) is 0 Å². The van der Waals surface area contributed by atoms with Crippen molar-refractivity contribution in [2.24, 2.45) is 11.1 Å². The summed E-state index contributed by atoms with van der Waals surface area (Å²) in [5.41, 5.74) is 0.183. The summed E-state index contributed by atoms with van der Waals surface area (Å²) in [6, 6.07) is 3.67. The zero-order valence-electron chi connectivity index (χ0n) is 9.95. The van der Waals surface area contributed by atoms with E-state index in [1.807, 2.05) is 0 Å². The van der Waals surface area contributed by atoms with Crippen molar-refractivity contribution in [3.8, 4) is 0 Å². The number of alkyl halides is 1. The fraction of sp³-hybridized carbons (Fsp3) is 0.455. The van der Waals surface area contributed by atoms with Gasteiger partial charge < -0.3 is 0 Å². The van der Waals surface area contributed by atoms with Gasteiger partial charge in [0.05, 0.1) is 9.82 Å². The molecule has 2 rings (SSSR count). The molecule has 1 aromatic rings. The average Bonchev–Trinajstić information content (AvgIpc) is 3.11. The molecule has 19 heavy (non-hydrogen) atoms. The third-order valence-electron chi connectivity index (χ3n) is 3.13. The quantitative estimate of drug-likeness (QED) is 0.509. The minimum Gasteiger partial charge on any atom is -0.258 e. The first-order valence-corrected chi connectivity index (χ1v) is 7.71. The molecule has 0 aliphatic heterocycles. The van der Waals surface area contributed by atoms with Crippen molar-refractivity contribution in [3.63, 3.8) is 0 Å². The number of nitro groups is 1. The molecular formula is C11H13ClN2O4S. The van der Waals surface area contributed by atoms with Crippen molar-refractivity contribution in [1.29, 1.82) is 0 Å². The topological polar surface area (TPSA) is 103 Å². The van der Waals surface area contributed by atoms with E-state index in [4.69, 9.17) is 16.7 Å². The van der Waals surface area contributed by atoms with Crippen LogP contribution in [0.1, 0.15) is 18.4 Å². The maximum absolute atomic E-state index is 11.2. The molecular weight excluding hydrogens is 292 g/mol. The predicted molar refractivity (Wildman–Crippen MR) is 70.5 cm³/mol. The van der Waals surface area contributed by atoms with Crippen LogP contribution in [0.15, 0.2) is 23.1 Å². The molecule has 0 saturated heterocycles. The van der Waals surface area contributed by atoms with Crippen LogP contribution in [0.5, 0.6) is 0 Å². The summed E-state index contributed by atoms with van der Waals surface area (Å²) < 4.78 is 22.4. The number of nitro benzene ring substituents is 1. The van der Waals surface area contributed by atoms with Crippen LogP contribution in [-0.4, -0.2) is 18.7 Å². The van der Waals surface area contributed by atoms with Crippen LogP contribution in [0.2, 0.25) is 0 Å². The van der Waals surface area contributed by atoms with Crippen molar-refractivity contribution < 1.29 is 13.3 Å². The van der Waals surface area contributed by atoms with Crippen LogP contribution in [0.3, 0.4) is 0 Å². The summed E-state index contributed by atoms with van der Waals surface area (Å²) in [7, 11) is -3.95. The first kappa shape index (κ1) is 14.2. The van der Waals surface area contributed by atoms with E-state index in [1.54, 1.807) is 0 Å². The molecule has 2 N–H and O–H groups in total. The number of primary sulfonamides is 1. The lowest BCUT2D eigenvalue weighted by Gasteiger charge is -2.09. The molecule has 0 heterocycles. The van der Waals surface area contributed by atoms with E-state index in [-0.39, 0.29) is 16.0 Å². The highest BCUT2D eigenvalue weighted by atomic mass is 35.5. The number of halogens is 1. The summed E-state index contributed by atoms with van der Waals surface area (Å²) in [6.07, 6.45) is 2.43. The van der Waals surface area contributed by atoms with Gasteiger partial charge in [-0.15, -0.1) is 11.6 Å². The SMILES string of the molecule is NS(=O)(=O)c1ccc(CC(Cl)C2CC2)c([N+](=O)[O-])c1. The van der Waals surface area contributed by atoms with Crippen molar-refractivity contribution in [2.75, 3.05) is 0 Å². The zero-order chi connectivity index (χ0) is 14.2. The fourth-order valence-electron chi connectivity index (χ4n) is 1.90. The van der Waals surface area contributed by atoms with E-state index in [1.165, 1.54) is 12.1 Å². The number of nitrogens with zero attached hydrogens (tertiary/aromatic N) is 1. The predicted octanol–water partition coefficient (Wildman–Crippen LogP) is 1.80. The molecule has 1 unspecified atom stereocenters. The zero-order valence-corrected chi connectivity index (χ0v) is 11.5. The Morgan fingerprint density at radius 1 is 1.47 bits per heavy atom. The van der Waals surface area contributed by atoms with Crippen LogP contribution < -0.4 is 5.14 Å². The number of nitrogens with two attached hydrogens (primary N) is 1. The van der Waals surface area contributed by atoms with E-state index in [2.05, 4.69) is 0 Å². The molecule has 0 bridgehead atoms. The van der Waals surface area contributed by atoms with Gasteiger partial charge in [0.15, 0.2) is 0 Å². The first-order chi connectivity index (χ1) is 8.79. The summed E-state index contributed by atoms with van der Waals surface area (Å²) >= 11 is 6.15. The van der Waals surface area contributed by atoms with Gasteiger partial charge in [0.2, 0.25) is 10.0 Å². The average molecular weight is 305 g/mol. The van der Waals surface area contributed by atoms with Crippen molar-refractivity contribution in [2.45, 2.75) is 29.5 Å². The van der Waals surface area contributed by atoms with Gasteiger partial charge >= 0.3 is 0 Å². The highest BCUT2D eigenvalue weighted by Gasteiger charge is 2.31. The van der Waals surface area contributed by atoms with E-state index in [9.17, 15) is 18.5 Å². The van der Waals surface area contributed by atoms with Gasteiger partial charge in [-0.1, -0.05) is 6.07 Å². The second kappa shape index (κ2) is 5.07. The molecule has 0 radical (unpaired) electrons. The lowest BCUT2D eigenvalue weighted by atomic mass is 10.1. The van der Waals surface area contributed by atoms with E-state index < -0.39 is 14.9 Å². The summed E-state index contributed by atoms with van der Waals surface area (Å²) in [5, 5.41) is 15.8. The lowest BCUT2D eigenvalue weighted by Crippen LogP contribution is -2.13. The van der Waals surface area contributed by atoms with Crippen LogP contribution in [0.25, 0.3) is 0 Å². The Morgan fingerprint density at radius 3 is 2.58 bits per heavy atom. The third kappa shape index (κ3) is 3.43. The molecule has 0 spiro atoms. The van der Waals surface area contributed by atoms with Gasteiger partial charge in [-0.2, -0.15) is 0 Å². The fourth-order valence-corrected chi connectivity index (χ4v) is 2.85. The molecule has 0 amide bonds. The summed E-state index contributed by atoms with van der Waals surface area (Å²) in [4.78, 5) is 10.1. The molecule has 104 valence electrons. The Kier molecular flexibility index (Phi) is 3.80. The number of hydrogen-bond acceptors (Lipinski definition) is 4. The smallest absolute Gasteiger partial charge is 0.258 e. The van der Waals surface area contributed by atoms with Crippen LogP contribution in [0, 0.1) is 16.0 Å². The van der Waals surface area contributed by atoms with Crippen LogP contribution >= 0.6 is 11.6 Å². The molecule has 1 aromatic carbocycles. The van der Waals surface area contributed by atoms with Gasteiger partial charge in [0.25, 0.3) is 5.69 Å². The summed E-state index contributed by atoms with van der Waals surface area (Å²) in [5.74, 6) is 0.402.